The third-order valence-corrected chi connectivity index (χ3v) is 4.49. The number of amides is 1. The molecule has 2 aliphatic rings. The zero-order valence-corrected chi connectivity index (χ0v) is 11.2. The van der Waals surface area contributed by atoms with Crippen molar-refractivity contribution in [3.8, 4) is 0 Å². The monoisotopic (exact) mass is 238 g/mol. The molecule has 0 bridgehead atoms. The number of carbonyl (C=O) groups excluding carboxylic acids is 1. The van der Waals surface area contributed by atoms with Gasteiger partial charge in [0.15, 0.2) is 0 Å². The highest BCUT2D eigenvalue weighted by Gasteiger charge is 2.29. The fourth-order valence-corrected chi connectivity index (χ4v) is 3.33. The lowest BCUT2D eigenvalue weighted by atomic mass is 9.89. The second-order valence-corrected chi connectivity index (χ2v) is 5.96. The van der Waals surface area contributed by atoms with Crippen LogP contribution in [0.2, 0.25) is 0 Å². The molecule has 3 heteroatoms. The molecule has 2 rings (SSSR count). The Balaban J connectivity index is 1.79. The van der Waals surface area contributed by atoms with Crippen LogP contribution in [0, 0.1) is 11.8 Å². The first-order valence-electron chi connectivity index (χ1n) is 7.19. The summed E-state index contributed by atoms with van der Waals surface area (Å²) in [6, 6.07) is 0.726. The Hall–Kier alpha value is -0.570. The second-order valence-electron chi connectivity index (χ2n) is 5.96. The fourth-order valence-electron chi connectivity index (χ4n) is 3.33. The van der Waals surface area contributed by atoms with E-state index < -0.39 is 0 Å². The Bertz CT molecular complexity index is 251. The molecular weight excluding hydrogens is 212 g/mol. The summed E-state index contributed by atoms with van der Waals surface area (Å²) in [5, 5.41) is 6.69. The van der Waals surface area contributed by atoms with Crippen LogP contribution in [-0.2, 0) is 4.79 Å². The Morgan fingerprint density at radius 3 is 2.59 bits per heavy atom. The van der Waals surface area contributed by atoms with Crippen molar-refractivity contribution in [1.29, 1.82) is 0 Å². The zero-order chi connectivity index (χ0) is 12.3. The molecule has 17 heavy (non-hydrogen) atoms. The van der Waals surface area contributed by atoms with Crippen LogP contribution in [0.5, 0.6) is 0 Å². The number of carbonyl (C=O) groups is 1. The molecule has 1 aliphatic carbocycles. The number of piperidine rings is 1. The third kappa shape index (κ3) is 3.44. The van der Waals surface area contributed by atoms with Crippen LogP contribution in [0.4, 0.5) is 0 Å². The van der Waals surface area contributed by atoms with Gasteiger partial charge in [0.25, 0.3) is 0 Å². The molecule has 1 amide bonds. The van der Waals surface area contributed by atoms with E-state index in [4.69, 9.17) is 0 Å². The molecule has 2 N–H and O–H groups in total. The van der Waals surface area contributed by atoms with Gasteiger partial charge in [0.1, 0.15) is 0 Å². The first-order valence-corrected chi connectivity index (χ1v) is 7.19. The standard InChI is InChI=1S/C14H26N2O/c1-10-7-8-15-11(2)14(10)16-13(17)9-12-5-3-4-6-12/h10-12,14-15H,3-9H2,1-2H3,(H,16,17). The Morgan fingerprint density at radius 1 is 1.24 bits per heavy atom. The lowest BCUT2D eigenvalue weighted by Crippen LogP contribution is -2.56. The van der Waals surface area contributed by atoms with Crippen LogP contribution < -0.4 is 10.6 Å². The smallest absolute Gasteiger partial charge is 0.220 e. The fraction of sp³-hybridized carbons (Fsp3) is 0.929. The highest BCUT2D eigenvalue weighted by Crippen LogP contribution is 2.27. The highest BCUT2D eigenvalue weighted by atomic mass is 16.1. The van der Waals surface area contributed by atoms with Crippen LogP contribution in [0.25, 0.3) is 0 Å². The summed E-state index contributed by atoms with van der Waals surface area (Å²) in [5.41, 5.74) is 0. The summed E-state index contributed by atoms with van der Waals surface area (Å²) >= 11 is 0. The van der Waals surface area contributed by atoms with Gasteiger partial charge in [0, 0.05) is 18.5 Å². The van der Waals surface area contributed by atoms with Gasteiger partial charge in [-0.05, 0) is 44.6 Å². The van der Waals surface area contributed by atoms with Gasteiger partial charge in [-0.25, -0.2) is 0 Å². The van der Waals surface area contributed by atoms with Crippen LogP contribution in [-0.4, -0.2) is 24.5 Å². The van der Waals surface area contributed by atoms with E-state index in [0.29, 0.717) is 23.9 Å². The summed E-state index contributed by atoms with van der Waals surface area (Å²) in [7, 11) is 0. The quantitative estimate of drug-likeness (QED) is 0.790. The molecule has 3 nitrogen and oxygen atoms in total. The van der Waals surface area contributed by atoms with E-state index in [2.05, 4.69) is 24.5 Å². The van der Waals surface area contributed by atoms with Crippen molar-refractivity contribution in [2.45, 2.75) is 64.5 Å². The molecule has 3 atom stereocenters. The maximum atomic E-state index is 12.0. The molecular formula is C14H26N2O. The minimum atomic E-state index is 0.268. The first-order chi connectivity index (χ1) is 8.16. The molecule has 3 unspecified atom stereocenters. The topological polar surface area (TPSA) is 41.1 Å². The summed E-state index contributed by atoms with van der Waals surface area (Å²) in [4.78, 5) is 12.0. The molecule has 0 aromatic heterocycles. The zero-order valence-electron chi connectivity index (χ0n) is 11.2. The molecule has 1 saturated carbocycles. The van der Waals surface area contributed by atoms with E-state index in [1.54, 1.807) is 0 Å². The normalized spacial score (nSPS) is 34.8. The lowest BCUT2D eigenvalue weighted by Gasteiger charge is -2.36. The van der Waals surface area contributed by atoms with Gasteiger partial charge in [0.2, 0.25) is 5.91 Å². The van der Waals surface area contributed by atoms with Crippen molar-refractivity contribution >= 4 is 5.91 Å². The largest absolute Gasteiger partial charge is 0.352 e. The SMILES string of the molecule is CC1CCNC(C)C1NC(=O)CC1CCCC1. The maximum Gasteiger partial charge on any atom is 0.220 e. The van der Waals surface area contributed by atoms with Gasteiger partial charge in [0.05, 0.1) is 0 Å². The van der Waals surface area contributed by atoms with E-state index >= 15 is 0 Å². The molecule has 0 radical (unpaired) electrons. The first kappa shape index (κ1) is 12.9. The van der Waals surface area contributed by atoms with Crippen molar-refractivity contribution in [3.05, 3.63) is 0 Å². The lowest BCUT2D eigenvalue weighted by molar-refractivity contribution is -0.123. The Labute approximate surface area is 105 Å². The van der Waals surface area contributed by atoms with E-state index in [1.807, 2.05) is 0 Å². The van der Waals surface area contributed by atoms with Crippen molar-refractivity contribution in [1.82, 2.24) is 10.6 Å². The number of rotatable bonds is 3. The number of hydrogen-bond donors (Lipinski definition) is 2. The second kappa shape index (κ2) is 5.85. The molecule has 0 aromatic carbocycles. The van der Waals surface area contributed by atoms with Crippen molar-refractivity contribution in [3.63, 3.8) is 0 Å². The molecule has 1 heterocycles. The van der Waals surface area contributed by atoms with Gasteiger partial charge in [-0.3, -0.25) is 4.79 Å². The van der Waals surface area contributed by atoms with Gasteiger partial charge in [-0.2, -0.15) is 0 Å². The predicted octanol–water partition coefficient (Wildman–Crippen LogP) is 2.07. The van der Waals surface area contributed by atoms with Crippen molar-refractivity contribution in [2.24, 2.45) is 11.8 Å². The minimum Gasteiger partial charge on any atom is -0.352 e. The summed E-state index contributed by atoms with van der Waals surface area (Å²) in [5.74, 6) is 1.51. The number of hydrogen-bond acceptors (Lipinski definition) is 2. The molecule has 0 spiro atoms. The van der Waals surface area contributed by atoms with Crippen molar-refractivity contribution in [2.75, 3.05) is 6.54 Å². The number of nitrogens with one attached hydrogen (secondary N) is 2. The summed E-state index contributed by atoms with van der Waals surface area (Å²) < 4.78 is 0. The van der Waals surface area contributed by atoms with Gasteiger partial charge >= 0.3 is 0 Å². The minimum absolute atomic E-state index is 0.268. The van der Waals surface area contributed by atoms with Crippen molar-refractivity contribution < 1.29 is 4.79 Å². The van der Waals surface area contributed by atoms with E-state index in [1.165, 1.54) is 32.1 Å². The highest BCUT2D eigenvalue weighted by molar-refractivity contribution is 5.76. The average molecular weight is 238 g/mol. The molecule has 98 valence electrons. The van der Waals surface area contributed by atoms with Crippen LogP contribution in [0.1, 0.15) is 52.4 Å². The van der Waals surface area contributed by atoms with E-state index in [9.17, 15) is 4.79 Å². The van der Waals surface area contributed by atoms with Gasteiger partial charge in [-0.1, -0.05) is 19.8 Å². The average Bonchev–Trinajstić information content (AvgIpc) is 2.76. The predicted molar refractivity (Wildman–Crippen MR) is 69.8 cm³/mol. The van der Waals surface area contributed by atoms with Gasteiger partial charge < -0.3 is 10.6 Å². The van der Waals surface area contributed by atoms with Crippen LogP contribution in [0.15, 0.2) is 0 Å². The van der Waals surface area contributed by atoms with Gasteiger partial charge in [-0.15, -0.1) is 0 Å². The van der Waals surface area contributed by atoms with Crippen LogP contribution in [0.3, 0.4) is 0 Å². The molecule has 2 fully saturated rings. The molecule has 0 aromatic rings. The summed E-state index contributed by atoms with van der Waals surface area (Å²) in [6.45, 7) is 5.51. The van der Waals surface area contributed by atoms with Crippen LogP contribution >= 0.6 is 0 Å². The Morgan fingerprint density at radius 2 is 1.94 bits per heavy atom. The third-order valence-electron chi connectivity index (χ3n) is 4.49. The van der Waals surface area contributed by atoms with E-state index in [-0.39, 0.29) is 5.91 Å². The molecule has 1 aliphatic heterocycles. The molecule has 1 saturated heterocycles. The maximum absolute atomic E-state index is 12.0. The van der Waals surface area contributed by atoms with E-state index in [0.717, 1.165) is 13.0 Å². The summed E-state index contributed by atoms with van der Waals surface area (Å²) in [6.07, 6.45) is 7.04. The Kier molecular flexibility index (Phi) is 4.43.